The largest absolute Gasteiger partial charge is 0.478 e. The highest BCUT2D eigenvalue weighted by molar-refractivity contribution is 6.05. The topological polar surface area (TPSA) is 110 Å². The first-order valence-electron chi connectivity index (χ1n) is 9.67. The smallest absolute Gasteiger partial charge is 0.361 e. The maximum Gasteiger partial charge on any atom is 0.361 e. The molecule has 1 fully saturated rings. The van der Waals surface area contributed by atoms with E-state index in [-0.39, 0.29) is 5.56 Å². The molecule has 8 nitrogen and oxygen atoms in total. The average molecular weight is 403 g/mol. The highest BCUT2D eigenvalue weighted by Crippen LogP contribution is 2.31. The Bertz CT molecular complexity index is 1110. The highest BCUT2D eigenvalue weighted by Gasteiger charge is 2.26. The zero-order valence-corrected chi connectivity index (χ0v) is 16.3. The van der Waals surface area contributed by atoms with Gasteiger partial charge in [0, 0.05) is 49.2 Å². The van der Waals surface area contributed by atoms with Gasteiger partial charge in [0.05, 0.1) is 16.8 Å². The van der Waals surface area contributed by atoms with Crippen LogP contribution < -0.4 is 0 Å². The number of nitrogens with one attached hydrogen (secondary N) is 1. The summed E-state index contributed by atoms with van der Waals surface area (Å²) in [6.45, 7) is 2.45. The standard InChI is InChI=1S/C22H21N5O3/c23-25-22(30)27-12-10-26(11-13-27)14-17-19(21(28)29)16-8-4-5-9-18(16)24-20(17)15-6-2-1-3-7-15/h1-9,23H,10-14H2,(H,28,29). The monoisotopic (exact) mass is 403 g/mol. The second-order valence-electron chi connectivity index (χ2n) is 7.16. The van der Waals surface area contributed by atoms with E-state index < -0.39 is 12.0 Å². The summed E-state index contributed by atoms with van der Waals surface area (Å²) in [5, 5.41) is 13.7. The van der Waals surface area contributed by atoms with Gasteiger partial charge in [-0.25, -0.2) is 14.6 Å². The Hall–Kier alpha value is -3.65. The number of amides is 2. The van der Waals surface area contributed by atoms with Gasteiger partial charge in [-0.15, -0.1) is 0 Å². The van der Waals surface area contributed by atoms with Gasteiger partial charge in [-0.2, -0.15) is 5.53 Å². The molecule has 30 heavy (non-hydrogen) atoms. The molecular weight excluding hydrogens is 382 g/mol. The maximum absolute atomic E-state index is 12.3. The lowest BCUT2D eigenvalue weighted by Gasteiger charge is -2.34. The summed E-state index contributed by atoms with van der Waals surface area (Å²) < 4.78 is 0. The number of para-hydroxylation sites is 1. The van der Waals surface area contributed by atoms with E-state index in [1.165, 1.54) is 4.90 Å². The van der Waals surface area contributed by atoms with Gasteiger partial charge >= 0.3 is 12.0 Å². The van der Waals surface area contributed by atoms with Crippen LogP contribution in [0, 0.1) is 5.53 Å². The van der Waals surface area contributed by atoms with E-state index in [9.17, 15) is 14.7 Å². The van der Waals surface area contributed by atoms with Crippen LogP contribution in [0.5, 0.6) is 0 Å². The lowest BCUT2D eigenvalue weighted by molar-refractivity contribution is 0.0696. The number of carboxylic acids is 1. The number of aromatic nitrogens is 1. The number of hydrogen-bond donors (Lipinski definition) is 2. The second kappa shape index (κ2) is 8.38. The number of aromatic carboxylic acids is 1. The van der Waals surface area contributed by atoms with E-state index in [4.69, 9.17) is 10.5 Å². The van der Waals surface area contributed by atoms with E-state index in [0.29, 0.717) is 54.9 Å². The molecule has 2 aromatic carbocycles. The van der Waals surface area contributed by atoms with Crippen molar-refractivity contribution < 1.29 is 14.7 Å². The van der Waals surface area contributed by atoms with Crippen LogP contribution in [0.3, 0.4) is 0 Å². The minimum atomic E-state index is -0.984. The Kier molecular flexibility index (Phi) is 5.49. The molecule has 3 aromatic rings. The third-order valence-corrected chi connectivity index (χ3v) is 5.37. The first-order chi connectivity index (χ1) is 14.6. The molecule has 1 aromatic heterocycles. The van der Waals surface area contributed by atoms with Gasteiger partial charge in [0.25, 0.3) is 0 Å². The first kappa shape index (κ1) is 19.7. The number of nitrogens with zero attached hydrogens (tertiary/aromatic N) is 4. The Labute approximate surface area is 173 Å². The molecule has 0 aliphatic carbocycles. The summed E-state index contributed by atoms with van der Waals surface area (Å²) in [4.78, 5) is 32.4. The van der Waals surface area contributed by atoms with Crippen LogP contribution in [-0.2, 0) is 6.54 Å². The minimum Gasteiger partial charge on any atom is -0.478 e. The number of fused-ring (bicyclic) bond motifs is 1. The number of rotatable bonds is 4. The number of piperazine rings is 1. The molecule has 1 saturated heterocycles. The summed E-state index contributed by atoms with van der Waals surface area (Å²) in [7, 11) is 0. The van der Waals surface area contributed by atoms with Crippen molar-refractivity contribution in [1.82, 2.24) is 14.8 Å². The first-order valence-corrected chi connectivity index (χ1v) is 9.67. The molecule has 4 rings (SSSR count). The Morgan fingerprint density at radius 2 is 1.67 bits per heavy atom. The van der Waals surface area contributed by atoms with Crippen molar-refractivity contribution in [3.05, 3.63) is 65.7 Å². The van der Waals surface area contributed by atoms with Crippen LogP contribution in [-0.4, -0.2) is 58.1 Å². The zero-order chi connectivity index (χ0) is 21.1. The fourth-order valence-corrected chi connectivity index (χ4v) is 3.88. The molecule has 152 valence electrons. The number of pyridine rings is 1. The van der Waals surface area contributed by atoms with E-state index in [0.717, 1.165) is 5.56 Å². The van der Waals surface area contributed by atoms with Crippen LogP contribution in [0.4, 0.5) is 4.79 Å². The van der Waals surface area contributed by atoms with E-state index in [1.807, 2.05) is 48.5 Å². The van der Waals surface area contributed by atoms with Gasteiger partial charge in [-0.3, -0.25) is 4.90 Å². The maximum atomic E-state index is 12.3. The SMILES string of the molecule is N=NC(=O)N1CCN(Cc2c(-c3ccccc3)nc3ccccc3c2C(=O)O)CC1. The van der Waals surface area contributed by atoms with E-state index in [1.54, 1.807) is 6.07 Å². The number of carboxylic acid groups (broad SMARTS) is 1. The van der Waals surface area contributed by atoms with Crippen LogP contribution in [0.1, 0.15) is 15.9 Å². The number of carbonyl (C=O) groups excluding carboxylic acids is 1. The van der Waals surface area contributed by atoms with Gasteiger partial charge < -0.3 is 10.0 Å². The Morgan fingerprint density at radius 3 is 2.33 bits per heavy atom. The molecule has 0 bridgehead atoms. The third kappa shape index (κ3) is 3.77. The quantitative estimate of drug-likeness (QED) is 0.643. The van der Waals surface area contributed by atoms with Crippen molar-refractivity contribution in [3.8, 4) is 11.3 Å². The number of benzene rings is 2. The molecule has 2 heterocycles. The van der Waals surface area contributed by atoms with Gasteiger partial charge in [0.2, 0.25) is 0 Å². The Morgan fingerprint density at radius 1 is 1.00 bits per heavy atom. The van der Waals surface area contributed by atoms with Crippen LogP contribution in [0.15, 0.2) is 59.7 Å². The predicted molar refractivity (Wildman–Crippen MR) is 112 cm³/mol. The molecule has 8 heteroatoms. The normalized spacial score (nSPS) is 14.6. The molecule has 0 radical (unpaired) electrons. The van der Waals surface area contributed by atoms with E-state index >= 15 is 0 Å². The molecule has 0 atom stereocenters. The second-order valence-corrected chi connectivity index (χ2v) is 7.16. The van der Waals surface area contributed by atoms with Crippen molar-refractivity contribution in [2.24, 2.45) is 5.11 Å². The van der Waals surface area contributed by atoms with Gasteiger partial charge in [0.15, 0.2) is 0 Å². The number of carbonyl (C=O) groups is 2. The molecule has 0 unspecified atom stereocenters. The summed E-state index contributed by atoms with van der Waals surface area (Å²) in [6.07, 6.45) is 0. The van der Waals surface area contributed by atoms with Gasteiger partial charge in [-0.1, -0.05) is 53.6 Å². The van der Waals surface area contributed by atoms with Crippen molar-refractivity contribution in [3.63, 3.8) is 0 Å². The molecular formula is C22H21N5O3. The van der Waals surface area contributed by atoms with Gasteiger partial charge in [0.1, 0.15) is 0 Å². The third-order valence-electron chi connectivity index (χ3n) is 5.37. The predicted octanol–water partition coefficient (Wildman–Crippen LogP) is 3.87. The molecule has 1 aliphatic rings. The Balaban J connectivity index is 1.77. The van der Waals surface area contributed by atoms with Crippen molar-refractivity contribution in [2.45, 2.75) is 6.54 Å². The molecule has 0 spiro atoms. The molecule has 1 aliphatic heterocycles. The lowest BCUT2D eigenvalue weighted by atomic mass is 9.96. The lowest BCUT2D eigenvalue weighted by Crippen LogP contribution is -2.47. The summed E-state index contributed by atoms with van der Waals surface area (Å²) in [5.41, 5.74) is 9.99. The van der Waals surface area contributed by atoms with Crippen molar-refractivity contribution in [2.75, 3.05) is 26.2 Å². The van der Waals surface area contributed by atoms with Crippen LogP contribution in [0.2, 0.25) is 0 Å². The molecule has 2 N–H and O–H groups in total. The van der Waals surface area contributed by atoms with Gasteiger partial charge in [-0.05, 0) is 6.07 Å². The van der Waals surface area contributed by atoms with Crippen LogP contribution >= 0.6 is 0 Å². The van der Waals surface area contributed by atoms with Crippen molar-refractivity contribution >= 4 is 22.9 Å². The molecule has 0 saturated carbocycles. The highest BCUT2D eigenvalue weighted by atomic mass is 16.4. The summed E-state index contributed by atoms with van der Waals surface area (Å²) in [5.74, 6) is -0.984. The van der Waals surface area contributed by atoms with Crippen LogP contribution in [0.25, 0.3) is 22.2 Å². The summed E-state index contributed by atoms with van der Waals surface area (Å²) >= 11 is 0. The molecule has 2 amide bonds. The van der Waals surface area contributed by atoms with E-state index in [2.05, 4.69) is 10.0 Å². The number of hydrogen-bond acceptors (Lipinski definition) is 5. The number of urea groups is 1. The fourth-order valence-electron chi connectivity index (χ4n) is 3.88. The van der Waals surface area contributed by atoms with Crippen molar-refractivity contribution in [1.29, 1.82) is 5.53 Å². The summed E-state index contributed by atoms with van der Waals surface area (Å²) in [6, 6.07) is 16.3. The fraction of sp³-hybridized carbons (Fsp3) is 0.227. The minimum absolute atomic E-state index is 0.263. The average Bonchev–Trinajstić information content (AvgIpc) is 2.79. The zero-order valence-electron chi connectivity index (χ0n) is 16.3.